The Kier molecular flexibility index (Phi) is 7.90. The molecule has 0 saturated carbocycles. The summed E-state index contributed by atoms with van der Waals surface area (Å²) < 4.78 is 15.6. The molecule has 10 heteroatoms. The minimum Gasteiger partial charge on any atom is -0.507 e. The third-order valence-electron chi connectivity index (χ3n) is 5.52. The number of rotatable bonds is 8. The van der Waals surface area contributed by atoms with Gasteiger partial charge in [-0.3, -0.25) is 0 Å². The predicted molar refractivity (Wildman–Crippen MR) is 147 cm³/mol. The molecule has 0 radical (unpaired) electrons. The lowest BCUT2D eigenvalue weighted by molar-refractivity contribution is -0.130. The van der Waals surface area contributed by atoms with Crippen molar-refractivity contribution >= 4 is 11.9 Å². The summed E-state index contributed by atoms with van der Waals surface area (Å²) in [6, 6.07) is 15.4. The van der Waals surface area contributed by atoms with Crippen molar-refractivity contribution in [2.75, 3.05) is 7.11 Å². The SMILES string of the molecule is C=C(C)C(=O)Oc1ccc(-c2nc(-c3ccc(OC)cc3)nc(-c3ccc(OC(=O)C(=C)C)cc3O)n2)c(O)c1. The number of carbonyl (C=O) groups excluding carboxylic acids is 2. The molecular formula is C30H25N3O7. The lowest BCUT2D eigenvalue weighted by Gasteiger charge is -2.12. The Labute approximate surface area is 229 Å². The molecule has 0 aliphatic heterocycles. The second-order valence-electron chi connectivity index (χ2n) is 8.73. The Balaban J connectivity index is 1.81. The van der Waals surface area contributed by atoms with E-state index in [0.29, 0.717) is 11.3 Å². The van der Waals surface area contributed by atoms with Gasteiger partial charge in [0, 0.05) is 28.8 Å². The number of methoxy groups -OCH3 is 1. The molecule has 2 N–H and O–H groups in total. The van der Waals surface area contributed by atoms with Gasteiger partial charge in [0.05, 0.1) is 18.2 Å². The third kappa shape index (κ3) is 6.13. The zero-order chi connectivity index (χ0) is 29.0. The van der Waals surface area contributed by atoms with E-state index < -0.39 is 11.9 Å². The number of ether oxygens (including phenoxy) is 3. The largest absolute Gasteiger partial charge is 0.507 e. The molecule has 4 aromatic rings. The van der Waals surface area contributed by atoms with Crippen LogP contribution in [0.3, 0.4) is 0 Å². The van der Waals surface area contributed by atoms with Crippen molar-refractivity contribution in [2.24, 2.45) is 0 Å². The van der Waals surface area contributed by atoms with E-state index >= 15 is 0 Å². The molecular weight excluding hydrogens is 514 g/mol. The van der Waals surface area contributed by atoms with Crippen LogP contribution >= 0.6 is 0 Å². The van der Waals surface area contributed by atoms with E-state index in [1.807, 2.05) is 0 Å². The summed E-state index contributed by atoms with van der Waals surface area (Å²) >= 11 is 0. The summed E-state index contributed by atoms with van der Waals surface area (Å²) in [6.07, 6.45) is 0. The van der Waals surface area contributed by atoms with Gasteiger partial charge in [-0.25, -0.2) is 24.5 Å². The Hall–Kier alpha value is -5.51. The molecule has 0 saturated heterocycles. The van der Waals surface area contributed by atoms with Crippen molar-refractivity contribution < 1.29 is 34.0 Å². The first-order chi connectivity index (χ1) is 19.0. The molecule has 0 amide bonds. The number of esters is 2. The van der Waals surface area contributed by atoms with Gasteiger partial charge in [0.25, 0.3) is 0 Å². The Morgan fingerprint density at radius 3 is 1.43 bits per heavy atom. The van der Waals surface area contributed by atoms with Crippen LogP contribution < -0.4 is 14.2 Å². The summed E-state index contributed by atoms with van der Waals surface area (Å²) in [5.41, 5.74) is 1.47. The molecule has 1 heterocycles. The monoisotopic (exact) mass is 539 g/mol. The van der Waals surface area contributed by atoms with Crippen LogP contribution in [-0.2, 0) is 9.59 Å². The van der Waals surface area contributed by atoms with Crippen LogP contribution in [-0.4, -0.2) is 44.2 Å². The summed E-state index contributed by atoms with van der Waals surface area (Å²) in [5, 5.41) is 21.5. The zero-order valence-corrected chi connectivity index (χ0v) is 22.0. The molecule has 0 aliphatic carbocycles. The minimum atomic E-state index is -0.635. The maximum Gasteiger partial charge on any atom is 0.338 e. The van der Waals surface area contributed by atoms with Gasteiger partial charge in [-0.05, 0) is 62.4 Å². The van der Waals surface area contributed by atoms with Crippen LogP contribution in [0.4, 0.5) is 0 Å². The highest BCUT2D eigenvalue weighted by molar-refractivity contribution is 5.89. The summed E-state index contributed by atoms with van der Waals surface area (Å²) in [6.45, 7) is 10.1. The number of aromatic hydroxyl groups is 2. The number of nitrogens with zero attached hydrogens (tertiary/aromatic N) is 3. The molecule has 40 heavy (non-hydrogen) atoms. The first kappa shape index (κ1) is 27.5. The van der Waals surface area contributed by atoms with Gasteiger partial charge >= 0.3 is 11.9 Å². The molecule has 0 unspecified atom stereocenters. The van der Waals surface area contributed by atoms with E-state index in [4.69, 9.17) is 14.2 Å². The highest BCUT2D eigenvalue weighted by Crippen LogP contribution is 2.36. The number of benzene rings is 3. The topological polar surface area (TPSA) is 141 Å². The molecule has 202 valence electrons. The second-order valence-corrected chi connectivity index (χ2v) is 8.73. The standard InChI is InChI=1S/C30H25N3O7/c1-16(2)29(36)39-20-10-12-22(24(34)14-20)27-31-26(18-6-8-19(38-5)9-7-18)32-28(33-27)23-13-11-21(15-25(23)35)40-30(37)17(3)4/h6-15,34-35H,1,3H2,2,4-5H3. The highest BCUT2D eigenvalue weighted by Gasteiger charge is 2.19. The first-order valence-electron chi connectivity index (χ1n) is 11.9. The average Bonchev–Trinajstić information content (AvgIpc) is 2.92. The van der Waals surface area contributed by atoms with Crippen LogP contribution in [0.15, 0.2) is 85.0 Å². The van der Waals surface area contributed by atoms with Crippen molar-refractivity contribution in [2.45, 2.75) is 13.8 Å². The third-order valence-corrected chi connectivity index (χ3v) is 5.52. The number of hydrogen-bond donors (Lipinski definition) is 2. The van der Waals surface area contributed by atoms with Crippen LogP contribution in [0.5, 0.6) is 28.7 Å². The zero-order valence-electron chi connectivity index (χ0n) is 22.0. The molecule has 10 nitrogen and oxygen atoms in total. The lowest BCUT2D eigenvalue weighted by atomic mass is 10.1. The fraction of sp³-hybridized carbons (Fsp3) is 0.100. The quantitative estimate of drug-likeness (QED) is 0.173. The molecule has 0 bridgehead atoms. The molecule has 0 atom stereocenters. The van der Waals surface area contributed by atoms with E-state index in [1.54, 1.807) is 31.4 Å². The van der Waals surface area contributed by atoms with Gasteiger partial charge in [0.2, 0.25) is 0 Å². The van der Waals surface area contributed by atoms with Crippen molar-refractivity contribution in [1.82, 2.24) is 15.0 Å². The van der Waals surface area contributed by atoms with Crippen molar-refractivity contribution in [3.8, 4) is 62.9 Å². The van der Waals surface area contributed by atoms with Gasteiger partial charge in [-0.1, -0.05) is 13.2 Å². The average molecular weight is 540 g/mol. The van der Waals surface area contributed by atoms with Gasteiger partial charge in [-0.2, -0.15) is 0 Å². The highest BCUT2D eigenvalue weighted by atomic mass is 16.5. The number of carbonyl (C=O) groups is 2. The Bertz CT molecular complexity index is 1550. The number of phenols is 2. The first-order valence-corrected chi connectivity index (χ1v) is 11.9. The van der Waals surface area contributed by atoms with Crippen LogP contribution in [0.2, 0.25) is 0 Å². The maximum absolute atomic E-state index is 11.9. The number of phenolic OH excluding ortho intramolecular Hbond substituents is 2. The van der Waals surface area contributed by atoms with E-state index in [1.165, 1.54) is 50.2 Å². The normalized spacial score (nSPS) is 10.5. The Morgan fingerprint density at radius 1 is 0.650 bits per heavy atom. The molecule has 3 aromatic carbocycles. The fourth-order valence-electron chi connectivity index (χ4n) is 3.40. The summed E-state index contributed by atoms with van der Waals surface area (Å²) in [4.78, 5) is 37.3. The van der Waals surface area contributed by atoms with Crippen LogP contribution in [0.1, 0.15) is 13.8 Å². The van der Waals surface area contributed by atoms with Gasteiger partial charge < -0.3 is 24.4 Å². The molecule has 0 spiro atoms. The number of aromatic nitrogens is 3. The van der Waals surface area contributed by atoms with E-state index in [-0.39, 0.29) is 62.7 Å². The van der Waals surface area contributed by atoms with Gasteiger partial charge in [-0.15, -0.1) is 0 Å². The van der Waals surface area contributed by atoms with Gasteiger partial charge in [0.15, 0.2) is 17.5 Å². The van der Waals surface area contributed by atoms with Crippen molar-refractivity contribution in [3.05, 3.63) is 85.0 Å². The number of hydrogen-bond acceptors (Lipinski definition) is 10. The van der Waals surface area contributed by atoms with E-state index in [2.05, 4.69) is 28.1 Å². The van der Waals surface area contributed by atoms with Crippen LogP contribution in [0.25, 0.3) is 34.2 Å². The summed E-state index contributed by atoms with van der Waals surface area (Å²) in [7, 11) is 1.55. The van der Waals surface area contributed by atoms with Crippen molar-refractivity contribution in [1.29, 1.82) is 0 Å². The summed E-state index contributed by atoms with van der Waals surface area (Å²) in [5.74, 6) is -0.509. The smallest absolute Gasteiger partial charge is 0.338 e. The van der Waals surface area contributed by atoms with E-state index in [0.717, 1.165) is 0 Å². The molecule has 4 rings (SSSR count). The second kappa shape index (κ2) is 11.5. The van der Waals surface area contributed by atoms with Crippen LogP contribution in [0, 0.1) is 0 Å². The lowest BCUT2D eigenvalue weighted by Crippen LogP contribution is -2.08. The predicted octanol–water partition coefficient (Wildman–Crippen LogP) is 5.26. The van der Waals surface area contributed by atoms with Gasteiger partial charge in [0.1, 0.15) is 28.7 Å². The molecule has 0 aliphatic rings. The van der Waals surface area contributed by atoms with Crippen molar-refractivity contribution in [3.63, 3.8) is 0 Å². The minimum absolute atomic E-state index is 0.0864. The Morgan fingerprint density at radius 2 is 1.05 bits per heavy atom. The van der Waals surface area contributed by atoms with E-state index in [9.17, 15) is 19.8 Å². The molecule has 0 fully saturated rings. The molecule has 1 aromatic heterocycles. The fourth-order valence-corrected chi connectivity index (χ4v) is 3.40. The maximum atomic E-state index is 11.9.